The highest BCUT2D eigenvalue weighted by Gasteiger charge is 2.25. The lowest BCUT2D eigenvalue weighted by Gasteiger charge is -2.25. The van der Waals surface area contributed by atoms with E-state index in [9.17, 15) is 4.79 Å². The van der Waals surface area contributed by atoms with Gasteiger partial charge in [-0.25, -0.2) is 0 Å². The van der Waals surface area contributed by atoms with Gasteiger partial charge in [0.05, 0.1) is 13.2 Å². The minimum absolute atomic E-state index is 0.0591. The Hall–Kier alpha value is -1.94. The molecule has 3 nitrogen and oxygen atoms in total. The first kappa shape index (κ1) is 17.4. The summed E-state index contributed by atoms with van der Waals surface area (Å²) in [6, 6.07) is 17.8. The second-order valence-corrected chi connectivity index (χ2v) is 6.57. The van der Waals surface area contributed by atoms with Gasteiger partial charge in [-0.2, -0.15) is 0 Å². The summed E-state index contributed by atoms with van der Waals surface area (Å²) in [6.45, 7) is 3.99. The number of hydrogen-bond acceptors (Lipinski definition) is 4. The van der Waals surface area contributed by atoms with Crippen LogP contribution in [0.3, 0.4) is 0 Å². The number of anilines is 1. The molecule has 0 saturated carbocycles. The van der Waals surface area contributed by atoms with Gasteiger partial charge in [0.1, 0.15) is 5.75 Å². The standard InChI is InChI=1S/C19H23NO2S/c1-4-23-19(21)14(2)18(15-8-6-5-7-9-15)20-16-10-12-17(22-3)13-11-16/h5-14,18,20H,4H2,1-3H3/t14-,18+/m1/s1. The number of hydrogen-bond donors (Lipinski definition) is 1. The van der Waals surface area contributed by atoms with Gasteiger partial charge in [-0.1, -0.05) is 55.9 Å². The quantitative estimate of drug-likeness (QED) is 0.794. The van der Waals surface area contributed by atoms with E-state index in [1.165, 1.54) is 11.8 Å². The molecule has 2 rings (SSSR count). The summed E-state index contributed by atoms with van der Waals surface area (Å²) in [7, 11) is 1.65. The predicted octanol–water partition coefficient (Wildman–Crippen LogP) is 4.76. The zero-order valence-corrected chi connectivity index (χ0v) is 14.6. The number of ether oxygens (including phenoxy) is 1. The van der Waals surface area contributed by atoms with E-state index < -0.39 is 0 Å². The summed E-state index contributed by atoms with van der Waals surface area (Å²) in [6.07, 6.45) is 0. The summed E-state index contributed by atoms with van der Waals surface area (Å²) >= 11 is 1.38. The molecule has 2 atom stereocenters. The third kappa shape index (κ3) is 4.76. The van der Waals surface area contributed by atoms with Gasteiger partial charge in [-0.3, -0.25) is 4.79 Å². The summed E-state index contributed by atoms with van der Waals surface area (Å²) in [5.74, 6) is 1.50. The molecule has 2 aromatic rings. The summed E-state index contributed by atoms with van der Waals surface area (Å²) in [4.78, 5) is 12.4. The van der Waals surface area contributed by atoms with Gasteiger partial charge >= 0.3 is 0 Å². The summed E-state index contributed by atoms with van der Waals surface area (Å²) in [5.41, 5.74) is 2.08. The molecule has 23 heavy (non-hydrogen) atoms. The van der Waals surface area contributed by atoms with Crippen LogP contribution in [-0.4, -0.2) is 18.0 Å². The fourth-order valence-corrected chi connectivity index (χ4v) is 3.12. The number of thioether (sulfide) groups is 1. The van der Waals surface area contributed by atoms with Gasteiger partial charge < -0.3 is 10.1 Å². The topological polar surface area (TPSA) is 38.3 Å². The maximum absolute atomic E-state index is 12.4. The van der Waals surface area contributed by atoms with Crippen molar-refractivity contribution in [1.82, 2.24) is 0 Å². The van der Waals surface area contributed by atoms with Crippen molar-refractivity contribution in [3.05, 3.63) is 60.2 Å². The van der Waals surface area contributed by atoms with Crippen molar-refractivity contribution in [2.24, 2.45) is 5.92 Å². The van der Waals surface area contributed by atoms with Gasteiger partial charge in [0.2, 0.25) is 0 Å². The second-order valence-electron chi connectivity index (χ2n) is 5.30. The molecule has 0 aliphatic rings. The molecule has 0 saturated heterocycles. The Kier molecular flexibility index (Phi) is 6.53. The highest BCUT2D eigenvalue weighted by Crippen LogP contribution is 2.30. The smallest absolute Gasteiger partial charge is 0.194 e. The Morgan fingerprint density at radius 3 is 2.35 bits per heavy atom. The Balaban J connectivity index is 2.24. The maximum Gasteiger partial charge on any atom is 0.194 e. The van der Waals surface area contributed by atoms with Crippen molar-refractivity contribution in [2.45, 2.75) is 19.9 Å². The maximum atomic E-state index is 12.4. The number of benzene rings is 2. The normalized spacial score (nSPS) is 13.2. The van der Waals surface area contributed by atoms with Crippen LogP contribution in [0.5, 0.6) is 5.75 Å². The van der Waals surface area contributed by atoms with Crippen LogP contribution in [0.1, 0.15) is 25.5 Å². The third-order valence-corrected chi connectivity index (χ3v) is 4.67. The van der Waals surface area contributed by atoms with Crippen LogP contribution in [0.25, 0.3) is 0 Å². The number of methoxy groups -OCH3 is 1. The minimum Gasteiger partial charge on any atom is -0.497 e. The Bertz CT molecular complexity index is 613. The fraction of sp³-hybridized carbons (Fsp3) is 0.316. The van der Waals surface area contributed by atoms with Crippen LogP contribution in [0.4, 0.5) is 5.69 Å². The molecule has 0 bridgehead atoms. The molecular formula is C19H23NO2S. The second kappa shape index (κ2) is 8.63. The third-order valence-electron chi connectivity index (χ3n) is 3.73. The molecule has 0 aliphatic heterocycles. The minimum atomic E-state index is -0.121. The highest BCUT2D eigenvalue weighted by molar-refractivity contribution is 8.13. The molecule has 1 N–H and O–H groups in total. The molecule has 0 amide bonds. The molecule has 0 unspecified atom stereocenters. The molecule has 0 heterocycles. The van der Waals surface area contributed by atoms with Gasteiger partial charge in [-0.15, -0.1) is 0 Å². The molecule has 0 radical (unpaired) electrons. The van der Waals surface area contributed by atoms with Crippen molar-refractivity contribution in [2.75, 3.05) is 18.2 Å². The van der Waals surface area contributed by atoms with Crippen LogP contribution in [0, 0.1) is 5.92 Å². The van der Waals surface area contributed by atoms with E-state index in [1.54, 1.807) is 7.11 Å². The molecule has 4 heteroatoms. The average molecular weight is 329 g/mol. The van der Waals surface area contributed by atoms with Crippen molar-refractivity contribution in [3.8, 4) is 5.75 Å². The van der Waals surface area contributed by atoms with Gasteiger partial charge in [0.15, 0.2) is 5.12 Å². The molecule has 0 fully saturated rings. The molecule has 0 aromatic heterocycles. The Labute approximate surface area is 142 Å². The fourth-order valence-electron chi connectivity index (χ4n) is 2.43. The van der Waals surface area contributed by atoms with Crippen molar-refractivity contribution in [1.29, 1.82) is 0 Å². The van der Waals surface area contributed by atoms with E-state index in [2.05, 4.69) is 17.4 Å². The first-order valence-electron chi connectivity index (χ1n) is 7.78. The zero-order chi connectivity index (χ0) is 16.7. The van der Waals surface area contributed by atoms with Crippen molar-refractivity contribution >= 4 is 22.6 Å². The SMILES string of the molecule is CCSC(=O)[C@H](C)[C@H](Nc1ccc(OC)cc1)c1ccccc1. The number of carbonyl (C=O) groups is 1. The van der Waals surface area contributed by atoms with Gasteiger partial charge in [0, 0.05) is 11.6 Å². The summed E-state index contributed by atoms with van der Waals surface area (Å²) in [5, 5.41) is 3.71. The van der Waals surface area contributed by atoms with Crippen LogP contribution in [0.2, 0.25) is 0 Å². The van der Waals surface area contributed by atoms with Gasteiger partial charge in [0.25, 0.3) is 0 Å². The molecule has 0 aliphatic carbocycles. The van der Waals surface area contributed by atoms with E-state index in [0.717, 1.165) is 22.8 Å². The van der Waals surface area contributed by atoms with Crippen molar-refractivity contribution in [3.63, 3.8) is 0 Å². The zero-order valence-electron chi connectivity index (χ0n) is 13.8. The van der Waals surface area contributed by atoms with Crippen LogP contribution < -0.4 is 10.1 Å². The molecule has 0 spiro atoms. The molecule has 122 valence electrons. The molecular weight excluding hydrogens is 306 g/mol. The van der Waals surface area contributed by atoms with Crippen molar-refractivity contribution < 1.29 is 9.53 Å². The van der Waals surface area contributed by atoms with E-state index >= 15 is 0 Å². The first-order valence-corrected chi connectivity index (χ1v) is 8.76. The van der Waals surface area contributed by atoms with Crippen LogP contribution in [-0.2, 0) is 4.79 Å². The lowest BCUT2D eigenvalue weighted by Crippen LogP contribution is -2.24. The van der Waals surface area contributed by atoms with E-state index in [0.29, 0.717) is 0 Å². The lowest BCUT2D eigenvalue weighted by atomic mass is 9.95. The number of rotatable bonds is 7. The highest BCUT2D eigenvalue weighted by atomic mass is 32.2. The van der Waals surface area contributed by atoms with Crippen LogP contribution >= 0.6 is 11.8 Å². The van der Waals surface area contributed by atoms with E-state index in [4.69, 9.17) is 4.74 Å². The Morgan fingerprint density at radius 2 is 1.78 bits per heavy atom. The largest absolute Gasteiger partial charge is 0.497 e. The molecule has 2 aromatic carbocycles. The van der Waals surface area contributed by atoms with Gasteiger partial charge in [-0.05, 0) is 35.6 Å². The summed E-state index contributed by atoms with van der Waals surface area (Å²) < 4.78 is 5.19. The number of nitrogens with one attached hydrogen (secondary N) is 1. The van der Waals surface area contributed by atoms with E-state index in [-0.39, 0.29) is 17.1 Å². The first-order chi connectivity index (χ1) is 11.2. The predicted molar refractivity (Wildman–Crippen MR) is 98.1 cm³/mol. The monoisotopic (exact) mass is 329 g/mol. The lowest BCUT2D eigenvalue weighted by molar-refractivity contribution is -0.114. The van der Waals surface area contributed by atoms with Crippen LogP contribution in [0.15, 0.2) is 54.6 Å². The van der Waals surface area contributed by atoms with E-state index in [1.807, 2.05) is 56.3 Å². The number of carbonyl (C=O) groups excluding carboxylic acids is 1. The average Bonchev–Trinajstić information content (AvgIpc) is 2.60. The Morgan fingerprint density at radius 1 is 1.13 bits per heavy atom.